The first-order valence-corrected chi connectivity index (χ1v) is 15.4. The number of nitrogens with one attached hydrogen (secondary N) is 2. The Hall–Kier alpha value is -2.67. The highest BCUT2D eigenvalue weighted by molar-refractivity contribution is 8.18. The second-order valence-electron chi connectivity index (χ2n) is 9.55. The molecular weight excluding hydrogens is 585 g/mol. The molecule has 0 bridgehead atoms. The van der Waals surface area contributed by atoms with Crippen molar-refractivity contribution in [2.24, 2.45) is 0 Å². The summed E-state index contributed by atoms with van der Waals surface area (Å²) in [5.74, 6) is 0.237. The molecule has 0 spiro atoms. The van der Waals surface area contributed by atoms with Crippen LogP contribution in [-0.2, 0) is 28.3 Å². The maximum Gasteiger partial charge on any atom is 0.416 e. The van der Waals surface area contributed by atoms with Crippen molar-refractivity contribution in [2.75, 3.05) is 37.0 Å². The van der Waals surface area contributed by atoms with E-state index in [1.54, 1.807) is 30.5 Å². The van der Waals surface area contributed by atoms with Crippen LogP contribution in [0.1, 0.15) is 35.1 Å². The summed E-state index contributed by atoms with van der Waals surface area (Å²) in [6.07, 6.45) is 1.08. The molecule has 2 aromatic rings. The topological polar surface area (TPSA) is 93.6 Å². The Labute approximate surface area is 242 Å². The second-order valence-corrected chi connectivity index (χ2v) is 12.5. The Morgan fingerprint density at radius 1 is 1.18 bits per heavy atom. The molecule has 214 valence electrons. The fourth-order valence-corrected chi connectivity index (χ4v) is 6.30. The van der Waals surface area contributed by atoms with E-state index in [-0.39, 0.29) is 39.2 Å². The van der Waals surface area contributed by atoms with Crippen LogP contribution in [0, 0.1) is 5.41 Å². The first-order valence-electron chi connectivity index (χ1n) is 12.5. The first-order chi connectivity index (χ1) is 19.0. The maximum atomic E-state index is 13.4. The fourth-order valence-electron chi connectivity index (χ4n) is 4.71. The van der Waals surface area contributed by atoms with Gasteiger partial charge in [-0.2, -0.15) is 13.2 Å². The molecule has 40 heavy (non-hydrogen) atoms. The zero-order chi connectivity index (χ0) is 29.0. The lowest BCUT2D eigenvalue weighted by molar-refractivity contribution is -0.138. The summed E-state index contributed by atoms with van der Waals surface area (Å²) in [4.78, 5) is 29.7. The van der Waals surface area contributed by atoms with Gasteiger partial charge < -0.3 is 15.6 Å². The molecule has 2 aliphatic rings. The van der Waals surface area contributed by atoms with Crippen LogP contribution in [0.25, 0.3) is 6.08 Å². The number of likely N-dealkylation sites (tertiary alicyclic amines) is 1. The van der Waals surface area contributed by atoms with Gasteiger partial charge in [-0.25, -0.2) is 0 Å². The highest BCUT2D eigenvalue weighted by Crippen LogP contribution is 2.37. The van der Waals surface area contributed by atoms with E-state index >= 15 is 0 Å². The van der Waals surface area contributed by atoms with Gasteiger partial charge in [-0.05, 0) is 66.1 Å². The van der Waals surface area contributed by atoms with E-state index < -0.39 is 22.5 Å². The molecule has 1 unspecified atom stereocenters. The summed E-state index contributed by atoms with van der Waals surface area (Å²) in [5, 5.41) is 10.4. The molecule has 2 N–H and O–H groups in total. The van der Waals surface area contributed by atoms with E-state index in [4.69, 9.17) is 17.0 Å². The van der Waals surface area contributed by atoms with E-state index in [0.29, 0.717) is 35.4 Å². The van der Waals surface area contributed by atoms with Gasteiger partial charge in [0.25, 0.3) is 11.1 Å². The third kappa shape index (κ3) is 7.34. The lowest BCUT2D eigenvalue weighted by Gasteiger charge is -2.35. The van der Waals surface area contributed by atoms with Crippen molar-refractivity contribution in [3.63, 3.8) is 0 Å². The number of rotatable bonds is 9. The molecule has 0 radical (unpaired) electrons. The van der Waals surface area contributed by atoms with Crippen LogP contribution in [0.15, 0.2) is 41.3 Å². The molecule has 2 heterocycles. The average molecular weight is 613 g/mol. The summed E-state index contributed by atoms with van der Waals surface area (Å²) >= 11 is 6.63. The highest BCUT2D eigenvalue weighted by atomic mass is 35.5. The van der Waals surface area contributed by atoms with Crippen molar-refractivity contribution >= 4 is 63.3 Å². The van der Waals surface area contributed by atoms with Crippen LogP contribution in [-0.4, -0.2) is 69.1 Å². The molecule has 0 saturated carbocycles. The van der Waals surface area contributed by atoms with Crippen molar-refractivity contribution in [3.05, 3.63) is 68.6 Å². The predicted molar refractivity (Wildman–Crippen MR) is 154 cm³/mol. The number of anilines is 1. The number of benzene rings is 2. The number of thioether (sulfide) groups is 1. The van der Waals surface area contributed by atoms with E-state index in [0.717, 1.165) is 43.7 Å². The van der Waals surface area contributed by atoms with E-state index in [2.05, 4.69) is 10.2 Å². The summed E-state index contributed by atoms with van der Waals surface area (Å²) in [5.41, 5.74) is 0.619. The fraction of sp³-hybridized carbons (Fsp3) is 0.370. The number of imide groups is 1. The number of halogens is 4. The standard InChI is InChI=1S/C27H28ClF3N4O3S2/c1-40(38)11-10-34-8-6-21(7-9-34)35-25(36)24(39-26(35)37)13-17-2-5-23(19(12-17)15-32)33-16-18-3-4-20(28)14-22(18)27(29,30)31/h2-5,12-15,21,32-33H,6-11,16H2,1H3. The second kappa shape index (κ2) is 12.9. The van der Waals surface area contributed by atoms with Gasteiger partial charge in [0.1, 0.15) is 0 Å². The molecule has 0 aromatic heterocycles. The monoisotopic (exact) mass is 612 g/mol. The Morgan fingerprint density at radius 2 is 1.90 bits per heavy atom. The van der Waals surface area contributed by atoms with Gasteiger partial charge in [0.15, 0.2) is 0 Å². The molecule has 2 amide bonds. The molecule has 13 heteroatoms. The van der Waals surface area contributed by atoms with E-state index in [1.165, 1.54) is 17.0 Å². The number of hydrogen-bond acceptors (Lipinski definition) is 7. The highest BCUT2D eigenvalue weighted by Gasteiger charge is 2.40. The largest absolute Gasteiger partial charge is 0.416 e. The van der Waals surface area contributed by atoms with Crippen molar-refractivity contribution < 1.29 is 27.0 Å². The minimum atomic E-state index is -4.56. The molecule has 4 rings (SSSR count). The van der Waals surface area contributed by atoms with Crippen molar-refractivity contribution in [1.29, 1.82) is 5.41 Å². The third-order valence-electron chi connectivity index (χ3n) is 6.82. The van der Waals surface area contributed by atoms with Crippen LogP contribution in [0.5, 0.6) is 0 Å². The van der Waals surface area contributed by atoms with Crippen LogP contribution in [0.3, 0.4) is 0 Å². The Kier molecular flexibility index (Phi) is 9.76. The smallest absolute Gasteiger partial charge is 0.380 e. The summed E-state index contributed by atoms with van der Waals surface area (Å²) in [6.45, 7) is 2.03. The lowest BCUT2D eigenvalue weighted by Crippen LogP contribution is -2.47. The number of alkyl halides is 3. The van der Waals surface area contributed by atoms with E-state index in [9.17, 15) is 27.0 Å². The van der Waals surface area contributed by atoms with Gasteiger partial charge in [0.05, 0.1) is 10.5 Å². The van der Waals surface area contributed by atoms with Gasteiger partial charge in [0.2, 0.25) is 0 Å². The van der Waals surface area contributed by atoms with Gasteiger partial charge in [-0.1, -0.05) is 23.7 Å². The maximum absolute atomic E-state index is 13.4. The number of hydrogen-bond donors (Lipinski definition) is 2. The Morgan fingerprint density at radius 3 is 2.55 bits per heavy atom. The summed E-state index contributed by atoms with van der Waals surface area (Å²) < 4.78 is 51.6. The normalized spacial score (nSPS) is 18.9. The SMILES string of the molecule is CS(=O)CCN1CCC(N2C(=O)SC(=Cc3ccc(NCc4ccc(Cl)cc4C(F)(F)F)c(C=N)c3)C2=O)CC1. The molecule has 0 aliphatic carbocycles. The zero-order valence-corrected chi connectivity index (χ0v) is 24.0. The van der Waals surface area contributed by atoms with Crippen LogP contribution in [0.4, 0.5) is 23.7 Å². The van der Waals surface area contributed by atoms with Gasteiger partial charge in [-0.3, -0.25) is 18.7 Å². The third-order valence-corrected chi connectivity index (χ3v) is 8.69. The summed E-state index contributed by atoms with van der Waals surface area (Å²) in [6, 6.07) is 8.31. The molecule has 7 nitrogen and oxygen atoms in total. The molecular formula is C27H28ClF3N4O3S2. The van der Waals surface area contributed by atoms with Gasteiger partial charge >= 0.3 is 6.18 Å². The molecule has 2 fully saturated rings. The van der Waals surface area contributed by atoms with Crippen LogP contribution in [0.2, 0.25) is 5.02 Å². The quantitative estimate of drug-likeness (QED) is 0.273. The minimum Gasteiger partial charge on any atom is -0.380 e. The molecule has 2 aliphatic heterocycles. The van der Waals surface area contributed by atoms with Crippen LogP contribution < -0.4 is 5.32 Å². The van der Waals surface area contributed by atoms with Crippen LogP contribution >= 0.6 is 23.4 Å². The minimum absolute atomic E-state index is 0.0109. The average Bonchev–Trinajstić information content (AvgIpc) is 3.19. The van der Waals surface area contributed by atoms with Crippen molar-refractivity contribution in [2.45, 2.75) is 31.6 Å². The number of nitrogens with zero attached hydrogens (tertiary/aromatic N) is 2. The zero-order valence-electron chi connectivity index (χ0n) is 21.6. The number of carbonyl (C=O) groups excluding carboxylic acids is 2. The molecule has 2 saturated heterocycles. The van der Waals surface area contributed by atoms with Gasteiger partial charge in [-0.15, -0.1) is 0 Å². The summed E-state index contributed by atoms with van der Waals surface area (Å²) in [7, 11) is -0.868. The van der Waals surface area contributed by atoms with Crippen molar-refractivity contribution in [1.82, 2.24) is 9.80 Å². The first kappa shape index (κ1) is 30.3. The Bertz CT molecular complexity index is 1360. The van der Waals surface area contributed by atoms with Crippen molar-refractivity contribution in [3.8, 4) is 0 Å². The number of amides is 2. The Balaban J connectivity index is 1.44. The molecule has 1 atom stereocenters. The number of carbonyl (C=O) groups is 2. The lowest BCUT2D eigenvalue weighted by atomic mass is 10.0. The number of piperidine rings is 1. The van der Waals surface area contributed by atoms with E-state index in [1.807, 2.05) is 0 Å². The van der Waals surface area contributed by atoms with Gasteiger partial charge in [0, 0.05) is 77.5 Å². The molecule has 2 aromatic carbocycles. The predicted octanol–water partition coefficient (Wildman–Crippen LogP) is 5.85.